The van der Waals surface area contributed by atoms with Crippen LogP contribution in [0.15, 0.2) is 54.7 Å². The van der Waals surface area contributed by atoms with Gasteiger partial charge < -0.3 is 14.5 Å². The minimum absolute atomic E-state index is 0.113. The standard InChI is InChI=1S/C27H29ClN4O2/c1-34-21-12-8-11-20(17-21)32(19-9-7-10-19)26(33)23-18-29-27(31-15-5-2-6-16-31)30-25(23)22-13-3-4-14-24(22)28/h3-4,8,11-14,17-19H,2,5-7,9-10,15-16H2,1H3. The van der Waals surface area contributed by atoms with E-state index < -0.39 is 0 Å². The monoisotopic (exact) mass is 476 g/mol. The van der Waals surface area contributed by atoms with Crippen LogP contribution in [0.2, 0.25) is 5.02 Å². The molecular formula is C27H29ClN4O2. The number of carbonyl (C=O) groups excluding carboxylic acids is 1. The van der Waals surface area contributed by atoms with Gasteiger partial charge >= 0.3 is 0 Å². The zero-order chi connectivity index (χ0) is 23.5. The van der Waals surface area contributed by atoms with E-state index in [9.17, 15) is 4.79 Å². The number of nitrogens with zero attached hydrogens (tertiary/aromatic N) is 4. The van der Waals surface area contributed by atoms with Crippen molar-refractivity contribution in [3.8, 4) is 17.0 Å². The number of hydrogen-bond donors (Lipinski definition) is 0. The van der Waals surface area contributed by atoms with Crippen LogP contribution in [0.1, 0.15) is 48.9 Å². The highest BCUT2D eigenvalue weighted by molar-refractivity contribution is 6.33. The number of benzene rings is 2. The van der Waals surface area contributed by atoms with Crippen molar-refractivity contribution in [1.82, 2.24) is 9.97 Å². The first-order chi connectivity index (χ1) is 16.7. The molecule has 5 rings (SSSR count). The van der Waals surface area contributed by atoms with Crippen LogP contribution < -0.4 is 14.5 Å². The molecule has 2 aliphatic rings. The molecule has 3 aromatic rings. The van der Waals surface area contributed by atoms with Gasteiger partial charge in [0.1, 0.15) is 5.75 Å². The van der Waals surface area contributed by atoms with Crippen LogP contribution in [0, 0.1) is 0 Å². The van der Waals surface area contributed by atoms with Crippen molar-refractivity contribution in [2.75, 3.05) is 30.0 Å². The predicted molar refractivity (Wildman–Crippen MR) is 136 cm³/mol. The molecule has 1 amide bonds. The smallest absolute Gasteiger partial charge is 0.262 e. The number of hydrogen-bond acceptors (Lipinski definition) is 5. The van der Waals surface area contributed by atoms with E-state index in [1.807, 2.05) is 53.4 Å². The highest BCUT2D eigenvalue weighted by Crippen LogP contribution is 2.36. The lowest BCUT2D eigenvalue weighted by Crippen LogP contribution is -2.45. The minimum atomic E-state index is -0.113. The van der Waals surface area contributed by atoms with Crippen molar-refractivity contribution >= 4 is 29.1 Å². The van der Waals surface area contributed by atoms with E-state index in [0.29, 0.717) is 22.2 Å². The van der Waals surface area contributed by atoms with Gasteiger partial charge in [-0.15, -0.1) is 0 Å². The van der Waals surface area contributed by atoms with E-state index in [4.69, 9.17) is 21.3 Å². The maximum absolute atomic E-state index is 14.1. The molecule has 34 heavy (non-hydrogen) atoms. The average molecular weight is 477 g/mol. The first-order valence-electron chi connectivity index (χ1n) is 12.0. The van der Waals surface area contributed by atoms with Crippen LogP contribution in [0.5, 0.6) is 5.75 Å². The molecule has 1 aliphatic carbocycles. The van der Waals surface area contributed by atoms with Gasteiger partial charge in [-0.05, 0) is 56.7 Å². The third-order valence-electron chi connectivity index (χ3n) is 6.76. The number of aromatic nitrogens is 2. The summed E-state index contributed by atoms with van der Waals surface area (Å²) in [4.78, 5) is 27.8. The van der Waals surface area contributed by atoms with Gasteiger partial charge in [-0.3, -0.25) is 4.79 Å². The Morgan fingerprint density at radius 1 is 1.06 bits per heavy atom. The largest absolute Gasteiger partial charge is 0.497 e. The molecule has 0 N–H and O–H groups in total. The molecule has 1 saturated heterocycles. The van der Waals surface area contributed by atoms with E-state index in [2.05, 4.69) is 9.88 Å². The Hall–Kier alpha value is -3.12. The van der Waals surface area contributed by atoms with Crippen LogP contribution in [-0.4, -0.2) is 42.1 Å². The Morgan fingerprint density at radius 2 is 1.85 bits per heavy atom. The van der Waals surface area contributed by atoms with Gasteiger partial charge in [-0.2, -0.15) is 0 Å². The quantitative estimate of drug-likeness (QED) is 0.437. The van der Waals surface area contributed by atoms with Crippen LogP contribution in [0.3, 0.4) is 0 Å². The number of amides is 1. The molecule has 2 heterocycles. The van der Waals surface area contributed by atoms with Gasteiger partial charge in [0.25, 0.3) is 5.91 Å². The van der Waals surface area contributed by atoms with Gasteiger partial charge in [0.05, 0.1) is 18.4 Å². The number of rotatable bonds is 6. The fourth-order valence-electron chi connectivity index (χ4n) is 4.66. The summed E-state index contributed by atoms with van der Waals surface area (Å²) in [7, 11) is 1.64. The second-order valence-electron chi connectivity index (χ2n) is 8.92. The van der Waals surface area contributed by atoms with E-state index in [0.717, 1.165) is 62.2 Å². The molecule has 6 nitrogen and oxygen atoms in total. The maximum Gasteiger partial charge on any atom is 0.262 e. The number of ether oxygens (including phenoxy) is 1. The van der Waals surface area contributed by atoms with Crippen molar-refractivity contribution in [3.05, 3.63) is 65.3 Å². The molecular weight excluding hydrogens is 448 g/mol. The average Bonchev–Trinajstić information content (AvgIpc) is 2.86. The Balaban J connectivity index is 1.60. The summed E-state index contributed by atoms with van der Waals surface area (Å²) in [5, 5.41) is 0.566. The Bertz CT molecular complexity index is 1170. The normalized spacial score (nSPS) is 16.1. The topological polar surface area (TPSA) is 58.6 Å². The lowest BCUT2D eigenvalue weighted by molar-refractivity contribution is 0.0964. The number of anilines is 2. The second kappa shape index (κ2) is 10.0. The van der Waals surface area contributed by atoms with Gasteiger partial charge in [-0.25, -0.2) is 9.97 Å². The molecule has 0 bridgehead atoms. The van der Waals surface area contributed by atoms with Crippen molar-refractivity contribution in [2.24, 2.45) is 0 Å². The molecule has 0 unspecified atom stereocenters. The lowest BCUT2D eigenvalue weighted by atomic mass is 9.90. The molecule has 7 heteroatoms. The van der Waals surface area contributed by atoms with E-state index in [1.54, 1.807) is 13.3 Å². The van der Waals surface area contributed by atoms with Gasteiger partial charge in [0, 0.05) is 47.7 Å². The summed E-state index contributed by atoms with van der Waals surface area (Å²) in [6.07, 6.45) is 8.20. The van der Waals surface area contributed by atoms with Crippen molar-refractivity contribution < 1.29 is 9.53 Å². The molecule has 0 radical (unpaired) electrons. The second-order valence-corrected chi connectivity index (χ2v) is 9.33. The third-order valence-corrected chi connectivity index (χ3v) is 7.09. The molecule has 1 aliphatic heterocycles. The Morgan fingerprint density at radius 3 is 2.56 bits per heavy atom. The summed E-state index contributed by atoms with van der Waals surface area (Å²) in [6, 6.07) is 15.4. The number of halogens is 1. The number of piperidine rings is 1. The molecule has 1 saturated carbocycles. The minimum Gasteiger partial charge on any atom is -0.497 e. The van der Waals surface area contributed by atoms with Crippen LogP contribution in [0.4, 0.5) is 11.6 Å². The SMILES string of the molecule is COc1cccc(N(C(=O)c2cnc(N3CCCCC3)nc2-c2ccccc2Cl)C2CCC2)c1. The van der Waals surface area contributed by atoms with Gasteiger partial charge in [-0.1, -0.05) is 35.9 Å². The predicted octanol–water partition coefficient (Wildman–Crippen LogP) is 6.00. The summed E-state index contributed by atoms with van der Waals surface area (Å²) < 4.78 is 5.43. The van der Waals surface area contributed by atoms with E-state index in [-0.39, 0.29) is 11.9 Å². The summed E-state index contributed by atoms with van der Waals surface area (Å²) in [6.45, 7) is 1.85. The van der Waals surface area contributed by atoms with Gasteiger partial charge in [0.15, 0.2) is 0 Å². The Kier molecular flexibility index (Phi) is 6.68. The molecule has 176 valence electrons. The zero-order valence-electron chi connectivity index (χ0n) is 19.4. The van der Waals surface area contributed by atoms with Crippen molar-refractivity contribution in [1.29, 1.82) is 0 Å². The first-order valence-corrected chi connectivity index (χ1v) is 12.4. The summed E-state index contributed by atoms with van der Waals surface area (Å²) in [5.74, 6) is 1.26. The maximum atomic E-state index is 14.1. The molecule has 2 aromatic carbocycles. The van der Waals surface area contributed by atoms with Crippen LogP contribution in [-0.2, 0) is 0 Å². The van der Waals surface area contributed by atoms with Crippen molar-refractivity contribution in [2.45, 2.75) is 44.6 Å². The van der Waals surface area contributed by atoms with Crippen molar-refractivity contribution in [3.63, 3.8) is 0 Å². The zero-order valence-corrected chi connectivity index (χ0v) is 20.2. The molecule has 2 fully saturated rings. The molecule has 0 atom stereocenters. The van der Waals surface area contributed by atoms with E-state index >= 15 is 0 Å². The number of methoxy groups -OCH3 is 1. The molecule has 0 spiro atoms. The van der Waals surface area contributed by atoms with Crippen LogP contribution in [0.25, 0.3) is 11.3 Å². The lowest BCUT2D eigenvalue weighted by Gasteiger charge is -2.38. The summed E-state index contributed by atoms with van der Waals surface area (Å²) in [5.41, 5.74) is 2.61. The Labute approximate surface area is 205 Å². The third kappa shape index (κ3) is 4.47. The molecule has 1 aromatic heterocycles. The number of carbonyl (C=O) groups is 1. The fourth-order valence-corrected chi connectivity index (χ4v) is 4.89. The fraction of sp³-hybridized carbons (Fsp3) is 0.370. The first kappa shape index (κ1) is 22.7. The summed E-state index contributed by atoms with van der Waals surface area (Å²) >= 11 is 6.60. The highest BCUT2D eigenvalue weighted by Gasteiger charge is 2.33. The highest BCUT2D eigenvalue weighted by atomic mass is 35.5. The van der Waals surface area contributed by atoms with Crippen LogP contribution >= 0.6 is 11.6 Å². The van der Waals surface area contributed by atoms with Gasteiger partial charge in [0.2, 0.25) is 5.95 Å². The van der Waals surface area contributed by atoms with E-state index in [1.165, 1.54) is 6.42 Å².